The molecule has 16 heteroatoms. The van der Waals surface area contributed by atoms with E-state index in [-0.39, 0.29) is 0 Å². The molecule has 3 heterocycles. The van der Waals surface area contributed by atoms with Gasteiger partial charge in [-0.1, -0.05) is 0 Å². The lowest BCUT2D eigenvalue weighted by atomic mass is 9.96. The van der Waals surface area contributed by atoms with Gasteiger partial charge in [0.05, 0.1) is 19.8 Å². The summed E-state index contributed by atoms with van der Waals surface area (Å²) in [5, 5.41) is 109. The first kappa shape index (κ1) is 27.9. The summed E-state index contributed by atoms with van der Waals surface area (Å²) in [6, 6.07) is 0. The van der Waals surface area contributed by atoms with Crippen LogP contribution in [0.3, 0.4) is 0 Å². The van der Waals surface area contributed by atoms with Gasteiger partial charge in [-0.3, -0.25) is 0 Å². The van der Waals surface area contributed by atoms with Gasteiger partial charge in [0.1, 0.15) is 73.2 Å². The molecule has 11 N–H and O–H groups in total. The second-order valence-electron chi connectivity index (χ2n) is 8.33. The van der Waals surface area contributed by atoms with Gasteiger partial charge in [0.25, 0.3) is 0 Å². The van der Waals surface area contributed by atoms with E-state index in [0.29, 0.717) is 0 Å². The highest BCUT2D eigenvalue weighted by Gasteiger charge is 2.53. The van der Waals surface area contributed by atoms with Gasteiger partial charge >= 0.3 is 0 Å². The van der Waals surface area contributed by atoms with E-state index in [4.69, 9.17) is 23.7 Å². The SMILES string of the molecule is OC[C@H]1O[C@H](O[C@H]2[C@H](O)[C@H](O[C@H]3O[C@H](CO)[C@@H](O)[C@H](O)[C@@H]3O)C(O)O[C@@H]2CO)[C@@H](O)[C@@H](O)[C@@H]1O. The minimum atomic E-state index is -1.92. The zero-order valence-electron chi connectivity index (χ0n) is 17.7. The van der Waals surface area contributed by atoms with Crippen molar-refractivity contribution < 1.29 is 79.9 Å². The van der Waals surface area contributed by atoms with Crippen molar-refractivity contribution >= 4 is 0 Å². The molecular formula is C18H32O16. The molecule has 0 aliphatic carbocycles. The quantitative estimate of drug-likeness (QED) is 0.154. The minimum Gasteiger partial charge on any atom is -0.394 e. The van der Waals surface area contributed by atoms with Crippen LogP contribution in [0.15, 0.2) is 0 Å². The molecule has 34 heavy (non-hydrogen) atoms. The summed E-state index contributed by atoms with van der Waals surface area (Å²) in [6.07, 6.45) is -25.4. The Labute approximate surface area is 192 Å². The van der Waals surface area contributed by atoms with Crippen molar-refractivity contribution in [3.8, 4) is 0 Å². The Morgan fingerprint density at radius 1 is 0.441 bits per heavy atom. The van der Waals surface area contributed by atoms with Crippen LogP contribution in [0.2, 0.25) is 0 Å². The Hall–Kier alpha value is -0.640. The molecule has 3 saturated heterocycles. The molecule has 3 aliphatic rings. The van der Waals surface area contributed by atoms with Gasteiger partial charge in [-0.05, 0) is 0 Å². The lowest BCUT2D eigenvalue weighted by molar-refractivity contribution is -0.382. The molecule has 16 nitrogen and oxygen atoms in total. The molecule has 15 atom stereocenters. The molecule has 0 aromatic rings. The molecule has 0 amide bonds. The van der Waals surface area contributed by atoms with Crippen molar-refractivity contribution in [3.05, 3.63) is 0 Å². The number of ether oxygens (including phenoxy) is 5. The molecule has 0 bridgehead atoms. The predicted molar refractivity (Wildman–Crippen MR) is 101 cm³/mol. The molecule has 0 spiro atoms. The van der Waals surface area contributed by atoms with Crippen LogP contribution in [0.1, 0.15) is 0 Å². The summed E-state index contributed by atoms with van der Waals surface area (Å²) in [7, 11) is 0. The molecule has 0 saturated carbocycles. The van der Waals surface area contributed by atoms with E-state index < -0.39 is 112 Å². The Morgan fingerprint density at radius 2 is 0.853 bits per heavy atom. The first-order chi connectivity index (χ1) is 16.0. The lowest BCUT2D eigenvalue weighted by Crippen LogP contribution is -2.66. The van der Waals surface area contributed by atoms with Gasteiger partial charge in [0, 0.05) is 0 Å². The smallest absolute Gasteiger partial charge is 0.187 e. The fourth-order valence-corrected chi connectivity index (χ4v) is 4.04. The first-order valence-corrected chi connectivity index (χ1v) is 10.6. The van der Waals surface area contributed by atoms with Crippen molar-refractivity contribution in [2.24, 2.45) is 0 Å². The molecule has 1 unspecified atom stereocenters. The summed E-state index contributed by atoms with van der Waals surface area (Å²) in [4.78, 5) is 0. The number of hydrogen-bond donors (Lipinski definition) is 11. The average Bonchev–Trinajstić information content (AvgIpc) is 2.82. The van der Waals surface area contributed by atoms with Gasteiger partial charge in [-0.25, -0.2) is 0 Å². The highest BCUT2D eigenvalue weighted by molar-refractivity contribution is 4.96. The van der Waals surface area contributed by atoms with E-state index in [9.17, 15) is 56.2 Å². The van der Waals surface area contributed by atoms with Gasteiger partial charge in [0.15, 0.2) is 18.9 Å². The highest BCUT2D eigenvalue weighted by Crippen LogP contribution is 2.32. The largest absolute Gasteiger partial charge is 0.394 e. The third kappa shape index (κ3) is 5.37. The summed E-state index contributed by atoms with van der Waals surface area (Å²) < 4.78 is 26.4. The third-order valence-corrected chi connectivity index (χ3v) is 6.09. The van der Waals surface area contributed by atoms with Crippen molar-refractivity contribution in [1.82, 2.24) is 0 Å². The summed E-state index contributed by atoms with van der Waals surface area (Å²) in [5.41, 5.74) is 0. The fraction of sp³-hybridized carbons (Fsp3) is 1.00. The Balaban J connectivity index is 1.76. The van der Waals surface area contributed by atoms with Crippen LogP contribution < -0.4 is 0 Å². The maximum atomic E-state index is 10.8. The van der Waals surface area contributed by atoms with E-state index >= 15 is 0 Å². The zero-order valence-corrected chi connectivity index (χ0v) is 17.7. The molecule has 0 aromatic heterocycles. The Kier molecular flexibility index (Phi) is 9.54. The Morgan fingerprint density at radius 3 is 1.26 bits per heavy atom. The summed E-state index contributed by atoms with van der Waals surface area (Å²) in [5.74, 6) is 0. The van der Waals surface area contributed by atoms with Crippen LogP contribution in [0.25, 0.3) is 0 Å². The second kappa shape index (κ2) is 11.6. The predicted octanol–water partition coefficient (Wildman–Crippen LogP) is -7.57. The van der Waals surface area contributed by atoms with E-state index in [0.717, 1.165) is 0 Å². The van der Waals surface area contributed by atoms with E-state index in [1.165, 1.54) is 0 Å². The summed E-state index contributed by atoms with van der Waals surface area (Å²) >= 11 is 0. The average molecular weight is 504 g/mol. The minimum absolute atomic E-state index is 0.750. The van der Waals surface area contributed by atoms with E-state index in [1.54, 1.807) is 0 Å². The maximum absolute atomic E-state index is 10.8. The van der Waals surface area contributed by atoms with Gasteiger partial charge in [-0.15, -0.1) is 0 Å². The van der Waals surface area contributed by atoms with E-state index in [2.05, 4.69) is 0 Å². The fourth-order valence-electron chi connectivity index (χ4n) is 4.04. The number of rotatable bonds is 7. The normalized spacial score (nSPS) is 52.5. The van der Waals surface area contributed by atoms with Gasteiger partial charge < -0.3 is 79.9 Å². The molecular weight excluding hydrogens is 472 g/mol. The molecule has 3 rings (SSSR count). The van der Waals surface area contributed by atoms with Crippen molar-refractivity contribution in [3.63, 3.8) is 0 Å². The lowest BCUT2D eigenvalue weighted by Gasteiger charge is -2.47. The zero-order chi connectivity index (χ0) is 25.3. The maximum Gasteiger partial charge on any atom is 0.187 e. The standard InChI is InChI=1S/C18H32O16/c19-1-4-7(22)9(24)11(26)17(31-4)33-14-6(3-21)30-16(29)15(13(14)28)34-18-12(27)10(25)8(23)5(2-20)32-18/h4-29H,1-3H2/t4-,5-,6-,7-,8-,9+,10+,11+,12+,13+,14-,15+,16?,17-,18-/m1/s1. The number of aliphatic hydroxyl groups is 11. The van der Waals surface area contributed by atoms with Crippen molar-refractivity contribution in [1.29, 1.82) is 0 Å². The van der Waals surface area contributed by atoms with Crippen LogP contribution in [0.4, 0.5) is 0 Å². The highest BCUT2D eigenvalue weighted by atomic mass is 16.8. The van der Waals surface area contributed by atoms with Crippen LogP contribution in [-0.4, -0.2) is 168 Å². The molecule has 200 valence electrons. The molecule has 3 fully saturated rings. The number of aliphatic hydroxyl groups excluding tert-OH is 11. The van der Waals surface area contributed by atoms with Gasteiger partial charge in [0.2, 0.25) is 0 Å². The molecule has 3 aliphatic heterocycles. The second-order valence-corrected chi connectivity index (χ2v) is 8.33. The summed E-state index contributed by atoms with van der Waals surface area (Å²) in [6.45, 7) is -2.31. The topological polar surface area (TPSA) is 269 Å². The van der Waals surface area contributed by atoms with Crippen LogP contribution in [0, 0.1) is 0 Å². The molecule has 0 aromatic carbocycles. The molecule has 0 radical (unpaired) electrons. The van der Waals surface area contributed by atoms with Crippen molar-refractivity contribution in [2.45, 2.75) is 92.1 Å². The third-order valence-electron chi connectivity index (χ3n) is 6.09. The van der Waals surface area contributed by atoms with Crippen LogP contribution in [0.5, 0.6) is 0 Å². The van der Waals surface area contributed by atoms with Gasteiger partial charge in [-0.2, -0.15) is 0 Å². The monoisotopic (exact) mass is 504 g/mol. The van der Waals surface area contributed by atoms with Crippen LogP contribution in [-0.2, 0) is 23.7 Å². The Bertz CT molecular complexity index is 637. The number of hydrogen-bond acceptors (Lipinski definition) is 16. The first-order valence-electron chi connectivity index (χ1n) is 10.6. The van der Waals surface area contributed by atoms with E-state index in [1.807, 2.05) is 0 Å². The van der Waals surface area contributed by atoms with Crippen LogP contribution >= 0.6 is 0 Å². The van der Waals surface area contributed by atoms with Crippen molar-refractivity contribution in [2.75, 3.05) is 19.8 Å².